The molecule has 2 rings (SSSR count). The van der Waals surface area contributed by atoms with Crippen LogP contribution in [0.1, 0.15) is 153 Å². The van der Waals surface area contributed by atoms with Crippen molar-refractivity contribution in [2.75, 3.05) is 0 Å². The molecule has 0 atom stereocenters. The van der Waals surface area contributed by atoms with Crippen LogP contribution in [-0.2, 0) is 12.8 Å². The fourth-order valence-electron chi connectivity index (χ4n) is 5.19. The average molecular weight is 618 g/mol. The van der Waals surface area contributed by atoms with Gasteiger partial charge in [0.15, 0.2) is 0 Å². The van der Waals surface area contributed by atoms with Crippen LogP contribution in [0.2, 0.25) is 0 Å². The van der Waals surface area contributed by atoms with Crippen LogP contribution in [0.5, 0.6) is 0 Å². The monoisotopic (exact) mass is 617 g/mol. The van der Waals surface area contributed by atoms with Gasteiger partial charge in [-0.2, -0.15) is 0 Å². The van der Waals surface area contributed by atoms with Gasteiger partial charge in [0, 0.05) is 0 Å². The van der Waals surface area contributed by atoms with Crippen molar-refractivity contribution in [1.29, 1.82) is 0 Å². The van der Waals surface area contributed by atoms with Gasteiger partial charge in [-0.05, 0) is 0 Å². The van der Waals surface area contributed by atoms with Gasteiger partial charge in [0.05, 0.1) is 0 Å². The molecule has 2 aromatic rings. The molecule has 0 aliphatic rings. The van der Waals surface area contributed by atoms with Crippen LogP contribution in [0.25, 0.3) is 0 Å². The summed E-state index contributed by atoms with van der Waals surface area (Å²) >= 11 is -0.0574. The second kappa shape index (κ2) is 23.1. The maximum absolute atomic E-state index is 2.40. The van der Waals surface area contributed by atoms with Crippen LogP contribution in [0.15, 0.2) is 48.5 Å². The van der Waals surface area contributed by atoms with Gasteiger partial charge in [-0.15, -0.1) is 0 Å². The van der Waals surface area contributed by atoms with Crippen molar-refractivity contribution in [2.45, 2.75) is 155 Å². The summed E-state index contributed by atoms with van der Waals surface area (Å²) in [5.41, 5.74) is 3.05. The molecule has 0 spiro atoms. The first-order valence-corrected chi connectivity index (χ1v) is 18.3. The molecule has 0 nitrogen and oxygen atoms in total. The van der Waals surface area contributed by atoms with Gasteiger partial charge in [0.1, 0.15) is 0 Å². The second-order valence-corrected chi connectivity index (χ2v) is 14.2. The molecule has 210 valence electrons. The van der Waals surface area contributed by atoms with E-state index < -0.39 is 0 Å². The normalized spacial score (nSPS) is 11.4. The molecule has 2 aromatic carbocycles. The van der Waals surface area contributed by atoms with Crippen LogP contribution in [0, 0.1) is 7.14 Å². The summed E-state index contributed by atoms with van der Waals surface area (Å²) in [6.07, 6.45) is 30.9. The fraction of sp³-hybridized carbons (Fsp3) is 0.667. The fourth-order valence-corrected chi connectivity index (χ4v) is 7.34. The molecule has 0 aliphatic carbocycles. The Kier molecular flexibility index (Phi) is 20.2. The minimum atomic E-state index is -0.0574. The molecule has 0 saturated heterocycles. The van der Waals surface area contributed by atoms with Crippen molar-refractivity contribution in [2.24, 2.45) is 0 Å². The molecule has 0 amide bonds. The van der Waals surface area contributed by atoms with Crippen LogP contribution in [0.4, 0.5) is 0 Å². The van der Waals surface area contributed by atoms with E-state index in [4.69, 9.17) is 0 Å². The second-order valence-electron chi connectivity index (χ2n) is 11.2. The van der Waals surface area contributed by atoms with Crippen molar-refractivity contribution in [3.8, 4) is 0 Å². The Labute approximate surface area is 242 Å². The third-order valence-electron chi connectivity index (χ3n) is 7.68. The summed E-state index contributed by atoms with van der Waals surface area (Å²) in [5, 5.41) is 0. The van der Waals surface area contributed by atoms with Gasteiger partial charge in [0.2, 0.25) is 0 Å². The first-order valence-electron chi connectivity index (χ1n) is 16.1. The SMILES string of the molecule is CCCCCCCCCCCCc1ccc([I-]c2ccc(CCCCCCCCCCCC)cc2)cc1. The first-order chi connectivity index (χ1) is 18.3. The molecule has 0 bridgehead atoms. The molecule has 0 fully saturated rings. The summed E-state index contributed by atoms with van der Waals surface area (Å²) in [5.74, 6) is 0. The van der Waals surface area contributed by atoms with Gasteiger partial charge >= 0.3 is 191 Å². The zero-order valence-electron chi connectivity index (χ0n) is 24.6. The average Bonchev–Trinajstić information content (AvgIpc) is 2.92. The Morgan fingerprint density at radius 3 is 0.919 bits per heavy atom. The molecule has 0 heterocycles. The van der Waals surface area contributed by atoms with Crippen molar-refractivity contribution in [3.63, 3.8) is 0 Å². The zero-order chi connectivity index (χ0) is 26.2. The van der Waals surface area contributed by atoms with Gasteiger partial charge in [-0.3, -0.25) is 0 Å². The van der Waals surface area contributed by atoms with E-state index in [0.717, 1.165) is 0 Å². The molecule has 0 aromatic heterocycles. The Hall–Kier alpha value is -0.830. The number of halogens is 1. The standard InChI is InChI=1S/C36H58I/c1-3-5-7-9-11-13-15-17-19-21-23-33-25-29-35(30-26-33)37-36-31-27-34(28-32-36)24-22-20-18-16-14-12-10-8-6-4-2/h25-32H,3-24H2,1-2H3/q-1. The zero-order valence-corrected chi connectivity index (χ0v) is 26.7. The summed E-state index contributed by atoms with van der Waals surface area (Å²) < 4.78 is 3.10. The first kappa shape index (κ1) is 32.4. The van der Waals surface area contributed by atoms with Crippen LogP contribution < -0.4 is 21.2 Å². The number of benzene rings is 2. The molecule has 1 heteroatoms. The topological polar surface area (TPSA) is 0 Å². The van der Waals surface area contributed by atoms with E-state index in [9.17, 15) is 0 Å². The maximum atomic E-state index is 2.40. The number of rotatable bonds is 24. The summed E-state index contributed by atoms with van der Waals surface area (Å²) in [6.45, 7) is 4.60. The molecular weight excluding hydrogens is 559 g/mol. The van der Waals surface area contributed by atoms with Crippen molar-refractivity contribution < 1.29 is 21.2 Å². The quantitative estimate of drug-likeness (QED) is 0.0817. The number of aryl methyl sites for hydroxylation is 2. The van der Waals surface area contributed by atoms with Gasteiger partial charge in [-0.25, -0.2) is 0 Å². The van der Waals surface area contributed by atoms with E-state index in [1.165, 1.54) is 152 Å². The Morgan fingerprint density at radius 1 is 0.351 bits per heavy atom. The third-order valence-corrected chi connectivity index (χ3v) is 10.4. The molecule has 0 aliphatic heterocycles. The van der Waals surface area contributed by atoms with E-state index in [1.54, 1.807) is 7.14 Å². The van der Waals surface area contributed by atoms with E-state index in [1.807, 2.05) is 0 Å². The van der Waals surface area contributed by atoms with Crippen LogP contribution in [-0.4, -0.2) is 0 Å². The Bertz CT molecular complexity index is 680. The minimum absolute atomic E-state index is 0.0574. The van der Waals surface area contributed by atoms with Crippen LogP contribution >= 0.6 is 0 Å². The van der Waals surface area contributed by atoms with Gasteiger partial charge < -0.3 is 0 Å². The number of hydrogen-bond acceptors (Lipinski definition) is 0. The van der Waals surface area contributed by atoms with Crippen molar-refractivity contribution in [3.05, 3.63) is 66.8 Å². The van der Waals surface area contributed by atoms with E-state index >= 15 is 0 Å². The predicted octanol–water partition coefficient (Wildman–Crippen LogP) is 8.74. The van der Waals surface area contributed by atoms with Gasteiger partial charge in [-0.1, -0.05) is 52.4 Å². The van der Waals surface area contributed by atoms with Crippen molar-refractivity contribution >= 4 is 0 Å². The Morgan fingerprint density at radius 2 is 0.622 bits per heavy atom. The summed E-state index contributed by atoms with van der Waals surface area (Å²) in [7, 11) is 0. The van der Waals surface area contributed by atoms with Crippen LogP contribution in [0.3, 0.4) is 0 Å². The summed E-state index contributed by atoms with van der Waals surface area (Å²) in [6, 6.07) is 19.2. The predicted molar refractivity (Wildman–Crippen MR) is 161 cm³/mol. The molecular formula is C36H58I-. The van der Waals surface area contributed by atoms with E-state index in [-0.39, 0.29) is 21.2 Å². The van der Waals surface area contributed by atoms with Crippen molar-refractivity contribution in [1.82, 2.24) is 0 Å². The number of unbranched alkanes of at least 4 members (excludes halogenated alkanes) is 18. The third kappa shape index (κ3) is 17.4. The molecule has 0 N–H and O–H groups in total. The van der Waals surface area contributed by atoms with Gasteiger partial charge in [0.25, 0.3) is 0 Å². The number of hydrogen-bond donors (Lipinski definition) is 0. The molecule has 37 heavy (non-hydrogen) atoms. The molecule has 0 saturated carbocycles. The molecule has 0 radical (unpaired) electrons. The Balaban J connectivity index is 1.51. The van der Waals surface area contributed by atoms with E-state index in [2.05, 4.69) is 62.4 Å². The summed E-state index contributed by atoms with van der Waals surface area (Å²) in [4.78, 5) is 0. The van der Waals surface area contributed by atoms with E-state index in [0.29, 0.717) is 0 Å². The molecule has 0 unspecified atom stereocenters.